The van der Waals surface area contributed by atoms with E-state index in [2.05, 4.69) is 16.4 Å². The number of aromatic nitrogens is 2. The number of methoxy groups -OCH3 is 1. The van der Waals surface area contributed by atoms with Gasteiger partial charge in [0.2, 0.25) is 11.8 Å². The number of ether oxygens (including phenoxy) is 1. The van der Waals surface area contributed by atoms with Crippen LogP contribution in [-0.2, 0) is 4.79 Å². The molecule has 3 rings (SSSR count). The van der Waals surface area contributed by atoms with Gasteiger partial charge in [-0.25, -0.2) is 4.98 Å². The van der Waals surface area contributed by atoms with Crippen molar-refractivity contribution in [2.45, 2.75) is 25.0 Å². The lowest BCUT2D eigenvalue weighted by Gasteiger charge is -2.34. The number of aliphatic hydroxyl groups excluding tert-OH is 1. The zero-order valence-electron chi connectivity index (χ0n) is 13.6. The first-order valence-corrected chi connectivity index (χ1v) is 7.93. The standard InChI is InChI=1S/C17H21N4O3/c1-24-15-6-5-12-16(20-15)11(7-8-19-12)14(22)10-21-9-3-2-4-13(21)17(18)23/h2,5-8,13-14,22H,3-4,9-10H2,1H3,(H2,18,23)/t13?,14-/m0/s1. The van der Waals surface area contributed by atoms with Gasteiger partial charge in [-0.1, -0.05) is 0 Å². The van der Waals surface area contributed by atoms with Gasteiger partial charge in [0.15, 0.2) is 0 Å². The van der Waals surface area contributed by atoms with Crippen LogP contribution in [0.4, 0.5) is 0 Å². The number of amides is 1. The molecule has 3 N–H and O–H groups in total. The van der Waals surface area contributed by atoms with E-state index in [1.165, 1.54) is 0 Å². The van der Waals surface area contributed by atoms with E-state index >= 15 is 0 Å². The molecule has 1 fully saturated rings. The Balaban J connectivity index is 1.87. The number of β-amino-alcohol motifs (C(OH)–C–C–N with tert-alkyl or cyclic N) is 1. The summed E-state index contributed by atoms with van der Waals surface area (Å²) >= 11 is 0. The molecule has 2 atom stereocenters. The predicted molar refractivity (Wildman–Crippen MR) is 89.1 cm³/mol. The van der Waals surface area contributed by atoms with E-state index in [4.69, 9.17) is 10.5 Å². The number of nitrogens with zero attached hydrogens (tertiary/aromatic N) is 3. The van der Waals surface area contributed by atoms with Gasteiger partial charge in [0.1, 0.15) is 0 Å². The Labute approximate surface area is 140 Å². The fourth-order valence-corrected chi connectivity index (χ4v) is 3.08. The highest BCUT2D eigenvalue weighted by Gasteiger charge is 2.29. The van der Waals surface area contributed by atoms with Crippen molar-refractivity contribution in [3.05, 3.63) is 36.4 Å². The van der Waals surface area contributed by atoms with E-state index in [1.807, 2.05) is 4.90 Å². The number of nitrogens with two attached hydrogens (primary N) is 1. The largest absolute Gasteiger partial charge is 0.481 e. The van der Waals surface area contributed by atoms with E-state index < -0.39 is 6.10 Å². The van der Waals surface area contributed by atoms with Crippen LogP contribution in [0.15, 0.2) is 24.4 Å². The molecule has 0 aliphatic carbocycles. The summed E-state index contributed by atoms with van der Waals surface area (Å²) in [6, 6.07) is 4.91. The third-order valence-corrected chi connectivity index (χ3v) is 4.34. The minimum Gasteiger partial charge on any atom is -0.481 e. The SMILES string of the molecule is COc1ccc2nccc([C@@H](O)CN3CC[CH]CC3C(N)=O)c2n1. The third kappa shape index (κ3) is 3.32. The summed E-state index contributed by atoms with van der Waals surface area (Å²) in [6.07, 6.45) is 4.40. The molecule has 0 bridgehead atoms. The average Bonchev–Trinajstić information content (AvgIpc) is 2.60. The van der Waals surface area contributed by atoms with Crippen LogP contribution >= 0.6 is 0 Å². The number of rotatable bonds is 5. The van der Waals surface area contributed by atoms with Crippen LogP contribution in [0.25, 0.3) is 11.0 Å². The summed E-state index contributed by atoms with van der Waals surface area (Å²) < 4.78 is 5.16. The molecule has 0 saturated carbocycles. The molecule has 1 saturated heterocycles. The summed E-state index contributed by atoms with van der Waals surface area (Å²) in [6.45, 7) is 1.02. The molecule has 3 heterocycles. The number of hydrogen-bond acceptors (Lipinski definition) is 6. The van der Waals surface area contributed by atoms with Crippen molar-refractivity contribution in [1.82, 2.24) is 14.9 Å². The molecular weight excluding hydrogens is 308 g/mol. The van der Waals surface area contributed by atoms with Crippen LogP contribution in [0.3, 0.4) is 0 Å². The fraction of sp³-hybridized carbons (Fsp3) is 0.412. The minimum atomic E-state index is -0.796. The molecule has 1 aliphatic heterocycles. The molecule has 1 unspecified atom stereocenters. The highest BCUT2D eigenvalue weighted by molar-refractivity contribution is 5.80. The summed E-state index contributed by atoms with van der Waals surface area (Å²) in [7, 11) is 1.54. The van der Waals surface area contributed by atoms with Crippen molar-refractivity contribution in [2.24, 2.45) is 5.73 Å². The number of carbonyl (C=O) groups excluding carboxylic acids is 1. The molecule has 0 spiro atoms. The van der Waals surface area contributed by atoms with Crippen molar-refractivity contribution in [3.8, 4) is 5.88 Å². The summed E-state index contributed by atoms with van der Waals surface area (Å²) in [4.78, 5) is 22.2. The van der Waals surface area contributed by atoms with Crippen molar-refractivity contribution >= 4 is 16.9 Å². The molecule has 1 aliphatic rings. The number of fused-ring (bicyclic) bond motifs is 1. The van der Waals surface area contributed by atoms with Crippen LogP contribution in [0, 0.1) is 6.42 Å². The van der Waals surface area contributed by atoms with Gasteiger partial charge in [0.25, 0.3) is 0 Å². The van der Waals surface area contributed by atoms with Crippen LogP contribution < -0.4 is 10.5 Å². The van der Waals surface area contributed by atoms with Crippen molar-refractivity contribution in [2.75, 3.05) is 20.2 Å². The lowest BCUT2D eigenvalue weighted by atomic mass is 9.99. The summed E-state index contributed by atoms with van der Waals surface area (Å²) in [5.74, 6) is 0.101. The zero-order chi connectivity index (χ0) is 17.1. The first-order valence-electron chi connectivity index (χ1n) is 7.93. The van der Waals surface area contributed by atoms with Crippen LogP contribution in [-0.4, -0.2) is 52.1 Å². The monoisotopic (exact) mass is 329 g/mol. The Bertz CT molecular complexity index is 737. The normalized spacial score (nSPS) is 20.0. The highest BCUT2D eigenvalue weighted by Crippen LogP contribution is 2.26. The van der Waals surface area contributed by atoms with Gasteiger partial charge in [-0.2, -0.15) is 0 Å². The van der Waals surface area contributed by atoms with E-state index in [9.17, 15) is 9.90 Å². The maximum atomic E-state index is 11.6. The van der Waals surface area contributed by atoms with E-state index in [1.54, 1.807) is 31.5 Å². The van der Waals surface area contributed by atoms with Crippen LogP contribution in [0.2, 0.25) is 0 Å². The van der Waals surface area contributed by atoms with E-state index in [0.29, 0.717) is 42.0 Å². The van der Waals surface area contributed by atoms with Gasteiger partial charge in [-0.05, 0) is 37.9 Å². The minimum absolute atomic E-state index is 0.319. The number of pyridine rings is 2. The Morgan fingerprint density at radius 2 is 2.33 bits per heavy atom. The van der Waals surface area contributed by atoms with Crippen LogP contribution in [0.5, 0.6) is 5.88 Å². The second kappa shape index (κ2) is 7.11. The molecule has 2 aromatic heterocycles. The maximum Gasteiger partial charge on any atom is 0.234 e. The molecule has 1 amide bonds. The molecule has 0 aromatic carbocycles. The van der Waals surface area contributed by atoms with E-state index in [0.717, 1.165) is 6.42 Å². The molecule has 2 aromatic rings. The topological polar surface area (TPSA) is 102 Å². The van der Waals surface area contributed by atoms with E-state index in [-0.39, 0.29) is 11.9 Å². The summed E-state index contributed by atoms with van der Waals surface area (Å²) in [5, 5.41) is 10.7. The fourth-order valence-electron chi connectivity index (χ4n) is 3.08. The van der Waals surface area contributed by atoms with Gasteiger partial charge < -0.3 is 15.6 Å². The van der Waals surface area contributed by atoms with Gasteiger partial charge >= 0.3 is 0 Å². The lowest BCUT2D eigenvalue weighted by Crippen LogP contribution is -2.49. The molecule has 24 heavy (non-hydrogen) atoms. The first-order chi connectivity index (χ1) is 11.6. The molecule has 127 valence electrons. The Hall–Kier alpha value is -2.25. The molecule has 1 radical (unpaired) electrons. The zero-order valence-corrected chi connectivity index (χ0v) is 13.6. The highest BCUT2D eigenvalue weighted by atomic mass is 16.5. The number of carbonyl (C=O) groups is 1. The summed E-state index contributed by atoms with van der Waals surface area (Å²) in [5.41, 5.74) is 7.43. The Kier molecular flexibility index (Phi) is 4.92. The Morgan fingerprint density at radius 3 is 3.08 bits per heavy atom. The van der Waals surface area contributed by atoms with Gasteiger partial charge in [0.05, 0.1) is 30.3 Å². The number of piperidine rings is 1. The number of likely N-dealkylation sites (tertiary alicyclic amines) is 1. The molecule has 7 heteroatoms. The van der Waals surface area contributed by atoms with Crippen molar-refractivity contribution in [1.29, 1.82) is 0 Å². The average molecular weight is 329 g/mol. The predicted octanol–water partition coefficient (Wildman–Crippen LogP) is 0.826. The molecular formula is C17H21N4O3. The second-order valence-corrected chi connectivity index (χ2v) is 5.86. The molecule has 7 nitrogen and oxygen atoms in total. The van der Waals surface area contributed by atoms with Crippen molar-refractivity contribution < 1.29 is 14.6 Å². The second-order valence-electron chi connectivity index (χ2n) is 5.86. The number of hydrogen-bond donors (Lipinski definition) is 2. The maximum absolute atomic E-state index is 11.6. The smallest absolute Gasteiger partial charge is 0.234 e. The third-order valence-electron chi connectivity index (χ3n) is 4.34. The van der Waals surface area contributed by atoms with Gasteiger partial charge in [0, 0.05) is 24.4 Å². The Morgan fingerprint density at radius 1 is 1.50 bits per heavy atom. The van der Waals surface area contributed by atoms with Gasteiger partial charge in [-0.15, -0.1) is 0 Å². The number of aliphatic hydroxyl groups is 1. The quantitative estimate of drug-likeness (QED) is 0.842. The van der Waals surface area contributed by atoms with Crippen LogP contribution in [0.1, 0.15) is 24.5 Å². The van der Waals surface area contributed by atoms with Gasteiger partial charge in [-0.3, -0.25) is 14.7 Å². The first kappa shape index (κ1) is 16.6. The number of primary amides is 1. The lowest BCUT2D eigenvalue weighted by molar-refractivity contribution is -0.124. The van der Waals surface area contributed by atoms with Crippen molar-refractivity contribution in [3.63, 3.8) is 0 Å².